The van der Waals surface area contributed by atoms with E-state index >= 15 is 0 Å². The van der Waals surface area contributed by atoms with E-state index in [1.165, 1.54) is 6.42 Å². The van der Waals surface area contributed by atoms with Gasteiger partial charge < -0.3 is 10.0 Å². The van der Waals surface area contributed by atoms with Gasteiger partial charge in [0.05, 0.1) is 25.6 Å². The molecule has 0 aromatic carbocycles. The van der Waals surface area contributed by atoms with Gasteiger partial charge in [-0.15, -0.1) is 0 Å². The second-order valence-electron chi connectivity index (χ2n) is 4.88. The number of aliphatic hydroxyl groups is 1. The maximum absolute atomic E-state index is 12.0. The first-order valence-electron chi connectivity index (χ1n) is 6.65. The molecule has 1 saturated heterocycles. The highest BCUT2D eigenvalue weighted by molar-refractivity contribution is 5.78. The van der Waals surface area contributed by atoms with Gasteiger partial charge >= 0.3 is 0 Å². The van der Waals surface area contributed by atoms with Gasteiger partial charge in [-0.05, 0) is 19.4 Å². The number of hydrogen-bond acceptors (Lipinski definition) is 4. The van der Waals surface area contributed by atoms with Crippen molar-refractivity contribution < 1.29 is 9.90 Å². The molecule has 1 atom stereocenters. The molecule has 0 radical (unpaired) electrons. The molecule has 1 heterocycles. The normalized spacial score (nSPS) is 21.1. The summed E-state index contributed by atoms with van der Waals surface area (Å²) in [4.78, 5) is 15.7. The van der Waals surface area contributed by atoms with Gasteiger partial charge in [0.25, 0.3) is 0 Å². The maximum Gasteiger partial charge on any atom is 0.236 e. The summed E-state index contributed by atoms with van der Waals surface area (Å²) in [6.07, 6.45) is 4.72. The van der Waals surface area contributed by atoms with Crippen molar-refractivity contribution in [2.45, 2.75) is 38.1 Å². The molecule has 1 rings (SSSR count). The molecule has 102 valence electrons. The average Bonchev–Trinajstić information content (AvgIpc) is 2.60. The Balaban J connectivity index is 2.47. The summed E-state index contributed by atoms with van der Waals surface area (Å²) in [5, 5.41) is 17.9. The monoisotopic (exact) mass is 253 g/mol. The lowest BCUT2D eigenvalue weighted by Crippen LogP contribution is -2.45. The first kappa shape index (κ1) is 14.9. The van der Waals surface area contributed by atoms with Gasteiger partial charge in [0.2, 0.25) is 5.91 Å². The van der Waals surface area contributed by atoms with Crippen LogP contribution >= 0.6 is 0 Å². The number of likely N-dealkylation sites (tertiary alicyclic amines) is 1. The highest BCUT2D eigenvalue weighted by Crippen LogP contribution is 2.16. The van der Waals surface area contributed by atoms with Crippen LogP contribution < -0.4 is 0 Å². The van der Waals surface area contributed by atoms with Crippen molar-refractivity contribution in [1.29, 1.82) is 5.26 Å². The summed E-state index contributed by atoms with van der Waals surface area (Å²) >= 11 is 0. The summed E-state index contributed by atoms with van der Waals surface area (Å²) in [5.41, 5.74) is 0. The lowest BCUT2D eigenvalue weighted by atomic mass is 10.1. The fraction of sp³-hybridized carbons (Fsp3) is 0.846. The number of aliphatic hydroxyl groups excluding tert-OH is 1. The topological polar surface area (TPSA) is 67.6 Å². The van der Waals surface area contributed by atoms with E-state index in [2.05, 4.69) is 4.90 Å². The van der Waals surface area contributed by atoms with E-state index in [4.69, 9.17) is 5.26 Å². The molecule has 1 aliphatic rings. The van der Waals surface area contributed by atoms with Crippen LogP contribution in [0.4, 0.5) is 0 Å². The lowest BCUT2D eigenvalue weighted by Gasteiger charge is -2.29. The number of carbonyl (C=O) groups excluding carboxylic acids is 1. The van der Waals surface area contributed by atoms with Gasteiger partial charge in [-0.25, -0.2) is 0 Å². The molecular weight excluding hydrogens is 230 g/mol. The van der Waals surface area contributed by atoms with Crippen molar-refractivity contribution >= 4 is 5.91 Å². The Morgan fingerprint density at radius 3 is 2.94 bits per heavy atom. The van der Waals surface area contributed by atoms with Crippen molar-refractivity contribution in [2.75, 3.05) is 33.3 Å². The highest BCUT2D eigenvalue weighted by Gasteiger charge is 2.23. The Kier molecular flexibility index (Phi) is 6.69. The van der Waals surface area contributed by atoms with Crippen molar-refractivity contribution in [3.63, 3.8) is 0 Å². The highest BCUT2D eigenvalue weighted by atomic mass is 16.3. The van der Waals surface area contributed by atoms with E-state index in [0.29, 0.717) is 19.5 Å². The summed E-state index contributed by atoms with van der Waals surface area (Å²) < 4.78 is 0. The van der Waals surface area contributed by atoms with Gasteiger partial charge in [0.15, 0.2) is 0 Å². The lowest BCUT2D eigenvalue weighted by molar-refractivity contribution is -0.131. The van der Waals surface area contributed by atoms with Crippen molar-refractivity contribution in [1.82, 2.24) is 9.80 Å². The van der Waals surface area contributed by atoms with Gasteiger partial charge in [-0.2, -0.15) is 5.26 Å². The third kappa shape index (κ3) is 4.63. The van der Waals surface area contributed by atoms with E-state index in [1.54, 1.807) is 11.9 Å². The number of amides is 1. The van der Waals surface area contributed by atoms with Gasteiger partial charge in [-0.3, -0.25) is 9.69 Å². The number of likely N-dealkylation sites (N-methyl/N-ethyl adjacent to an activating group) is 1. The molecule has 1 aliphatic heterocycles. The Morgan fingerprint density at radius 2 is 2.28 bits per heavy atom. The number of nitriles is 1. The molecular formula is C13H23N3O2. The Hall–Kier alpha value is -1.12. The minimum absolute atomic E-state index is 0.0330. The van der Waals surface area contributed by atoms with Crippen LogP contribution in [-0.4, -0.2) is 60.1 Å². The Labute approximate surface area is 109 Å². The van der Waals surface area contributed by atoms with Crippen LogP contribution in [0, 0.1) is 11.3 Å². The van der Waals surface area contributed by atoms with E-state index in [0.717, 1.165) is 25.8 Å². The first-order valence-corrected chi connectivity index (χ1v) is 6.65. The largest absolute Gasteiger partial charge is 0.395 e. The fourth-order valence-corrected chi connectivity index (χ4v) is 2.29. The zero-order chi connectivity index (χ0) is 13.4. The number of nitrogens with zero attached hydrogens (tertiary/aromatic N) is 3. The van der Waals surface area contributed by atoms with Crippen LogP contribution in [0.15, 0.2) is 0 Å². The molecule has 5 nitrogen and oxygen atoms in total. The molecule has 1 amide bonds. The molecule has 0 bridgehead atoms. The summed E-state index contributed by atoms with van der Waals surface area (Å²) in [5.74, 6) is 0.0330. The number of carbonyl (C=O) groups is 1. The van der Waals surface area contributed by atoms with Gasteiger partial charge in [-0.1, -0.05) is 12.8 Å². The molecule has 1 unspecified atom stereocenters. The van der Waals surface area contributed by atoms with E-state index in [-0.39, 0.29) is 18.6 Å². The molecule has 0 spiro atoms. The van der Waals surface area contributed by atoms with Crippen LogP contribution in [0.1, 0.15) is 32.1 Å². The second kappa shape index (κ2) is 8.06. The van der Waals surface area contributed by atoms with Crippen LogP contribution in [-0.2, 0) is 4.79 Å². The molecule has 0 aromatic heterocycles. The summed E-state index contributed by atoms with van der Waals surface area (Å²) in [7, 11) is 1.73. The second-order valence-corrected chi connectivity index (χ2v) is 4.88. The number of rotatable bonds is 5. The van der Waals surface area contributed by atoms with Crippen molar-refractivity contribution in [3.8, 4) is 6.07 Å². The van der Waals surface area contributed by atoms with E-state index in [9.17, 15) is 9.90 Å². The Morgan fingerprint density at radius 1 is 1.50 bits per heavy atom. The SMILES string of the molecule is CN(CCC#N)C(=O)CN1CCCCCC1CO. The van der Waals surface area contributed by atoms with Crippen LogP contribution in [0.25, 0.3) is 0 Å². The Bertz CT molecular complexity index is 301. The van der Waals surface area contributed by atoms with Crippen LogP contribution in [0.3, 0.4) is 0 Å². The van der Waals surface area contributed by atoms with Gasteiger partial charge in [0, 0.05) is 19.6 Å². The molecule has 0 aliphatic carbocycles. The molecule has 18 heavy (non-hydrogen) atoms. The van der Waals surface area contributed by atoms with Gasteiger partial charge in [0.1, 0.15) is 0 Å². The smallest absolute Gasteiger partial charge is 0.236 e. The molecule has 0 saturated carbocycles. The first-order chi connectivity index (χ1) is 8.69. The maximum atomic E-state index is 12.0. The van der Waals surface area contributed by atoms with Crippen molar-refractivity contribution in [3.05, 3.63) is 0 Å². The molecule has 1 N–H and O–H groups in total. The minimum atomic E-state index is 0.0330. The zero-order valence-electron chi connectivity index (χ0n) is 11.1. The minimum Gasteiger partial charge on any atom is -0.395 e. The predicted octanol–water partition coefficient (Wildman–Crippen LogP) is 0.595. The van der Waals surface area contributed by atoms with Crippen LogP contribution in [0.5, 0.6) is 0 Å². The third-order valence-corrected chi connectivity index (χ3v) is 3.53. The summed E-state index contributed by atoms with van der Waals surface area (Å²) in [6, 6.07) is 2.15. The third-order valence-electron chi connectivity index (χ3n) is 3.53. The van der Waals surface area contributed by atoms with E-state index < -0.39 is 0 Å². The van der Waals surface area contributed by atoms with E-state index in [1.807, 2.05) is 6.07 Å². The predicted molar refractivity (Wildman–Crippen MR) is 68.8 cm³/mol. The molecule has 1 fully saturated rings. The fourth-order valence-electron chi connectivity index (χ4n) is 2.29. The zero-order valence-corrected chi connectivity index (χ0v) is 11.1. The average molecular weight is 253 g/mol. The van der Waals surface area contributed by atoms with Crippen LogP contribution in [0.2, 0.25) is 0 Å². The quantitative estimate of drug-likeness (QED) is 0.779. The summed E-state index contributed by atoms with van der Waals surface area (Å²) in [6.45, 7) is 1.83. The molecule has 0 aromatic rings. The van der Waals surface area contributed by atoms with Crippen molar-refractivity contribution in [2.24, 2.45) is 0 Å². The molecule has 5 heteroatoms. The number of hydrogen-bond donors (Lipinski definition) is 1. The standard InChI is InChI=1S/C13H23N3O2/c1-15(8-5-7-14)13(18)10-16-9-4-2-3-6-12(16)11-17/h12,17H,2-6,8-11H2,1H3.